The van der Waals surface area contributed by atoms with Gasteiger partial charge in [0.15, 0.2) is 0 Å². The Morgan fingerprint density at radius 1 is 0.770 bits per heavy atom. The van der Waals surface area contributed by atoms with Crippen molar-refractivity contribution < 1.29 is 29.1 Å². The number of aromatic nitrogens is 4. The molecule has 6 N–H and O–H groups in total. The predicted molar refractivity (Wildman–Crippen MR) is 233 cm³/mol. The maximum absolute atomic E-state index is 14.4. The van der Waals surface area contributed by atoms with Crippen molar-refractivity contribution in [2.24, 2.45) is 17.3 Å². The fourth-order valence-corrected chi connectivity index (χ4v) is 7.92. The number of Topliss-reactive ketones (excluding diaryl/α,β-unsaturated/α-hetero) is 1. The highest BCUT2D eigenvalue weighted by atomic mass is 16.3. The minimum atomic E-state index is -1.18. The highest BCUT2D eigenvalue weighted by Gasteiger charge is 2.35. The maximum Gasteiger partial charge on any atom is 0.245 e. The van der Waals surface area contributed by atoms with Gasteiger partial charge >= 0.3 is 0 Å². The zero-order valence-electron chi connectivity index (χ0n) is 36.1. The number of aromatic amines is 2. The summed E-state index contributed by atoms with van der Waals surface area (Å²) in [7, 11) is 1.57. The molecule has 0 aliphatic heterocycles. The molecule has 1 saturated carbocycles. The second kappa shape index (κ2) is 22.8. The molecule has 1 aliphatic rings. The van der Waals surface area contributed by atoms with E-state index in [0.29, 0.717) is 30.7 Å². The Labute approximate surface area is 359 Å². The van der Waals surface area contributed by atoms with Gasteiger partial charge in [-0.05, 0) is 36.3 Å². The molecular formula is C47H64N8O6. The number of hydrogen-bond donors (Lipinski definition) is 6. The second-order valence-corrected chi connectivity index (χ2v) is 17.6. The van der Waals surface area contributed by atoms with Gasteiger partial charge in [-0.2, -0.15) is 0 Å². The van der Waals surface area contributed by atoms with Gasteiger partial charge in [0.2, 0.25) is 23.6 Å². The molecule has 1 aliphatic carbocycles. The number of imidazole rings is 2. The summed E-state index contributed by atoms with van der Waals surface area (Å²) >= 11 is 0. The van der Waals surface area contributed by atoms with Crippen LogP contribution >= 0.6 is 0 Å². The van der Waals surface area contributed by atoms with E-state index in [0.717, 1.165) is 43.2 Å². The molecule has 61 heavy (non-hydrogen) atoms. The van der Waals surface area contributed by atoms with Crippen molar-refractivity contribution in [3.63, 3.8) is 0 Å². The van der Waals surface area contributed by atoms with Crippen molar-refractivity contribution in [2.45, 2.75) is 122 Å². The van der Waals surface area contributed by atoms with Gasteiger partial charge in [-0.15, -0.1) is 0 Å². The van der Waals surface area contributed by atoms with Crippen LogP contribution in [0.15, 0.2) is 85.7 Å². The lowest BCUT2D eigenvalue weighted by molar-refractivity contribution is -0.137. The molecule has 0 radical (unpaired) electrons. The van der Waals surface area contributed by atoms with Crippen LogP contribution in [-0.4, -0.2) is 97.2 Å². The van der Waals surface area contributed by atoms with Crippen molar-refractivity contribution in [3.8, 4) is 0 Å². The molecule has 2 aromatic heterocycles. The van der Waals surface area contributed by atoms with E-state index in [2.05, 4.69) is 35.9 Å². The minimum absolute atomic E-state index is 0.00102. The summed E-state index contributed by atoms with van der Waals surface area (Å²) in [5.74, 6) is -2.19. The monoisotopic (exact) mass is 836 g/mol. The largest absolute Gasteiger partial charge is 0.389 e. The highest BCUT2D eigenvalue weighted by Crippen LogP contribution is 2.29. The van der Waals surface area contributed by atoms with E-state index in [1.165, 1.54) is 17.6 Å². The average molecular weight is 837 g/mol. The summed E-state index contributed by atoms with van der Waals surface area (Å²) in [6, 6.07) is 16.3. The van der Waals surface area contributed by atoms with Crippen LogP contribution in [0.25, 0.3) is 0 Å². The Morgan fingerprint density at radius 2 is 1.36 bits per heavy atom. The minimum Gasteiger partial charge on any atom is -0.389 e. The number of likely N-dealkylation sites (N-methyl/N-ethyl adjacent to an activating group) is 1. The predicted octanol–water partition coefficient (Wildman–Crippen LogP) is 4.66. The molecule has 4 amide bonds. The van der Waals surface area contributed by atoms with Crippen LogP contribution in [0.4, 0.5) is 0 Å². The first-order valence-corrected chi connectivity index (χ1v) is 21.6. The van der Waals surface area contributed by atoms with Crippen LogP contribution in [-0.2, 0) is 49.7 Å². The molecule has 0 saturated heterocycles. The highest BCUT2D eigenvalue weighted by molar-refractivity contribution is 5.93. The van der Waals surface area contributed by atoms with Crippen molar-refractivity contribution in [1.82, 2.24) is 40.8 Å². The van der Waals surface area contributed by atoms with Crippen LogP contribution < -0.4 is 16.0 Å². The number of aryl methyl sites for hydroxylation is 1. The van der Waals surface area contributed by atoms with E-state index in [1.54, 1.807) is 19.4 Å². The fourth-order valence-electron chi connectivity index (χ4n) is 7.92. The smallest absolute Gasteiger partial charge is 0.245 e. The van der Waals surface area contributed by atoms with Crippen LogP contribution in [0.3, 0.4) is 0 Å². The summed E-state index contributed by atoms with van der Waals surface area (Å²) < 4.78 is 0. The zero-order chi connectivity index (χ0) is 43.8. The Hall–Kier alpha value is -5.63. The number of carbonyl (C=O) groups is 5. The average Bonchev–Trinajstić information content (AvgIpc) is 3.97. The maximum atomic E-state index is 14.4. The summed E-state index contributed by atoms with van der Waals surface area (Å²) in [6.45, 7) is 5.35. The lowest BCUT2D eigenvalue weighted by Gasteiger charge is -2.34. The first-order chi connectivity index (χ1) is 29.2. The molecule has 328 valence electrons. The van der Waals surface area contributed by atoms with Gasteiger partial charge in [-0.25, -0.2) is 9.97 Å². The van der Waals surface area contributed by atoms with Crippen molar-refractivity contribution in [1.29, 1.82) is 0 Å². The summed E-state index contributed by atoms with van der Waals surface area (Å²) in [5, 5.41) is 20.9. The number of amides is 4. The summed E-state index contributed by atoms with van der Waals surface area (Å²) in [5.41, 5.74) is 2.38. The first kappa shape index (κ1) is 46.4. The number of aliphatic hydroxyl groups is 1. The molecule has 4 aromatic rings. The molecule has 0 spiro atoms. The van der Waals surface area contributed by atoms with E-state index in [9.17, 15) is 29.1 Å². The standard InChI is InChI=1S/C47H64N8O6/c1-47(2,3)42(57)24-35(22-33-16-10-6-11-17-33)44(59)54-39(25-36-27-48-30-50-36)45(60)53-38(23-34-18-12-7-13-19-34)41(56)29-55(4)46(61)40(26-37-28-49-31-51-37)52-43(58)21-20-32-14-8-5-9-15-32/h5-6,8-11,14-17,27-28,30-31,34-35,38-41,56H,7,12-13,18-26,29H2,1-4H3,(H,48,50)(H,49,51)(H,52,58)(H,53,60)(H,54,59)/t35-,38+,39+,40+,41+/m1/s1. The first-order valence-electron chi connectivity index (χ1n) is 21.6. The van der Waals surface area contributed by atoms with E-state index in [4.69, 9.17) is 0 Å². The third-order valence-corrected chi connectivity index (χ3v) is 11.6. The lowest BCUT2D eigenvalue weighted by atomic mass is 9.83. The SMILES string of the molecule is CN(C[C@H](O)[C@H](CC1CCCCC1)NC(=O)[C@H](Cc1c[nH]cn1)NC(=O)[C@@H](CC(=O)C(C)(C)C)Cc1ccccc1)C(=O)[C@H](Cc1c[nH]cn1)NC(=O)CCc1ccccc1. The number of ketones is 1. The Balaban J connectivity index is 1.32. The topological polar surface area (TPSA) is 202 Å². The van der Waals surface area contributed by atoms with Crippen LogP contribution in [0.1, 0.15) is 94.7 Å². The number of benzene rings is 2. The summed E-state index contributed by atoms with van der Waals surface area (Å²) in [4.78, 5) is 85.0. The molecular weight excluding hydrogens is 773 g/mol. The van der Waals surface area contributed by atoms with Crippen LogP contribution in [0.2, 0.25) is 0 Å². The van der Waals surface area contributed by atoms with E-state index in [-0.39, 0.29) is 49.8 Å². The van der Waals surface area contributed by atoms with E-state index < -0.39 is 53.3 Å². The number of rotatable bonds is 22. The Kier molecular flexibility index (Phi) is 17.4. The van der Waals surface area contributed by atoms with Gasteiger partial charge in [0, 0.05) is 63.0 Å². The van der Waals surface area contributed by atoms with E-state index >= 15 is 0 Å². The van der Waals surface area contributed by atoms with E-state index in [1.807, 2.05) is 81.4 Å². The quantitative estimate of drug-likeness (QED) is 0.0656. The van der Waals surface area contributed by atoms with Gasteiger partial charge in [-0.1, -0.05) is 114 Å². The third-order valence-electron chi connectivity index (χ3n) is 11.6. The number of nitrogens with zero attached hydrogens (tertiary/aromatic N) is 3. The number of hydrogen-bond acceptors (Lipinski definition) is 8. The second-order valence-electron chi connectivity index (χ2n) is 17.6. The van der Waals surface area contributed by atoms with Crippen molar-refractivity contribution in [3.05, 3.63) is 108 Å². The molecule has 0 unspecified atom stereocenters. The zero-order valence-corrected chi connectivity index (χ0v) is 36.1. The fraction of sp³-hybridized carbons (Fsp3) is 0.511. The Morgan fingerprint density at radius 3 is 1.93 bits per heavy atom. The molecule has 14 nitrogen and oxygen atoms in total. The molecule has 2 aromatic carbocycles. The van der Waals surface area contributed by atoms with Crippen molar-refractivity contribution >= 4 is 29.4 Å². The molecule has 0 bridgehead atoms. The van der Waals surface area contributed by atoms with Gasteiger partial charge in [0.25, 0.3) is 0 Å². The molecule has 14 heteroatoms. The van der Waals surface area contributed by atoms with Gasteiger partial charge in [0.05, 0.1) is 36.2 Å². The van der Waals surface area contributed by atoms with Gasteiger partial charge < -0.3 is 35.9 Å². The molecule has 5 atom stereocenters. The van der Waals surface area contributed by atoms with Crippen LogP contribution in [0.5, 0.6) is 0 Å². The number of H-pyrrole nitrogens is 2. The van der Waals surface area contributed by atoms with Gasteiger partial charge in [0.1, 0.15) is 17.9 Å². The normalized spacial score (nSPS) is 15.8. The number of aliphatic hydroxyl groups excluding tert-OH is 1. The molecule has 2 heterocycles. The van der Waals surface area contributed by atoms with Crippen LogP contribution in [0, 0.1) is 17.3 Å². The lowest BCUT2D eigenvalue weighted by Crippen LogP contribution is -2.57. The van der Waals surface area contributed by atoms with Crippen molar-refractivity contribution in [2.75, 3.05) is 13.6 Å². The number of carbonyl (C=O) groups excluding carboxylic acids is 5. The number of nitrogens with one attached hydrogen (secondary N) is 5. The Bertz CT molecular complexity index is 1960. The molecule has 1 fully saturated rings. The third kappa shape index (κ3) is 15.1. The van der Waals surface area contributed by atoms with Gasteiger partial charge in [-0.3, -0.25) is 24.0 Å². The molecule has 5 rings (SSSR count). The summed E-state index contributed by atoms with van der Waals surface area (Å²) in [6.07, 6.45) is 12.0.